The lowest BCUT2D eigenvalue weighted by atomic mass is 10.1. The van der Waals surface area contributed by atoms with E-state index < -0.39 is 10.8 Å². The highest BCUT2D eigenvalue weighted by Crippen LogP contribution is 2.21. The first kappa shape index (κ1) is 16.0. The summed E-state index contributed by atoms with van der Waals surface area (Å²) in [6.07, 6.45) is 0.639. The predicted octanol–water partition coefficient (Wildman–Crippen LogP) is 2.22. The zero-order chi connectivity index (χ0) is 16.8. The summed E-state index contributed by atoms with van der Waals surface area (Å²) in [5.74, 6) is -0.478. The summed E-state index contributed by atoms with van der Waals surface area (Å²) in [5.41, 5.74) is 7.04. The fourth-order valence-corrected chi connectivity index (χ4v) is 2.13. The maximum Gasteiger partial charge on any atom is 0.287 e. The molecule has 0 spiro atoms. The van der Waals surface area contributed by atoms with E-state index in [1.54, 1.807) is 24.3 Å². The third-order valence-electron chi connectivity index (χ3n) is 3.27. The molecule has 3 N–H and O–H groups in total. The van der Waals surface area contributed by atoms with E-state index in [0.29, 0.717) is 24.2 Å². The van der Waals surface area contributed by atoms with E-state index in [1.165, 1.54) is 12.1 Å². The lowest BCUT2D eigenvalue weighted by Gasteiger charge is -2.07. The fraction of sp³-hybridized carbons (Fsp3) is 0.125. The molecule has 0 atom stereocenters. The molecule has 2 aromatic carbocycles. The van der Waals surface area contributed by atoms with Gasteiger partial charge in [0.2, 0.25) is 5.91 Å². The Kier molecular flexibility index (Phi) is 4.89. The number of primary amides is 1. The summed E-state index contributed by atoms with van der Waals surface area (Å²) < 4.78 is 0. The Labute approximate surface area is 132 Å². The number of benzene rings is 2. The number of nitriles is 1. The molecule has 0 radical (unpaired) electrons. The highest BCUT2D eigenvalue weighted by molar-refractivity contribution is 5.92. The van der Waals surface area contributed by atoms with Crippen molar-refractivity contribution in [2.24, 2.45) is 5.73 Å². The minimum absolute atomic E-state index is 0.00993. The number of rotatable bonds is 6. The lowest BCUT2D eigenvalue weighted by Crippen LogP contribution is -2.11. The number of carbonyl (C=O) groups excluding carboxylic acids is 1. The van der Waals surface area contributed by atoms with Gasteiger partial charge in [0.1, 0.15) is 11.6 Å². The van der Waals surface area contributed by atoms with Crippen LogP contribution in [0.25, 0.3) is 0 Å². The van der Waals surface area contributed by atoms with Crippen LogP contribution in [0.4, 0.5) is 11.4 Å². The molecule has 116 valence electrons. The molecule has 7 nitrogen and oxygen atoms in total. The summed E-state index contributed by atoms with van der Waals surface area (Å²) in [4.78, 5) is 21.3. The van der Waals surface area contributed by atoms with Gasteiger partial charge in [-0.15, -0.1) is 0 Å². The third kappa shape index (κ3) is 4.04. The standard InChI is InChI=1S/C16H14N4O3/c17-10-13-9-14(4-5-15(13)20(22)23)19-7-6-11-2-1-3-12(8-11)16(18)21/h1-5,8-9,19H,6-7H2,(H2,18,21). The van der Waals surface area contributed by atoms with Crippen molar-refractivity contribution in [2.45, 2.75) is 6.42 Å². The highest BCUT2D eigenvalue weighted by atomic mass is 16.6. The number of anilines is 1. The van der Waals surface area contributed by atoms with Crippen LogP contribution in [0.15, 0.2) is 42.5 Å². The molecular weight excluding hydrogens is 296 g/mol. The Morgan fingerprint density at radius 3 is 2.74 bits per heavy atom. The second-order valence-corrected chi connectivity index (χ2v) is 4.84. The van der Waals surface area contributed by atoms with Crippen LogP contribution in [-0.4, -0.2) is 17.4 Å². The number of nitrogens with two attached hydrogens (primary N) is 1. The van der Waals surface area contributed by atoms with Crippen LogP contribution in [0.5, 0.6) is 0 Å². The van der Waals surface area contributed by atoms with Gasteiger partial charge in [-0.05, 0) is 36.2 Å². The summed E-state index contributed by atoms with van der Waals surface area (Å²) in [5, 5.41) is 22.8. The van der Waals surface area contributed by atoms with Crippen molar-refractivity contribution in [1.82, 2.24) is 0 Å². The molecule has 0 aliphatic heterocycles. The first-order valence-corrected chi connectivity index (χ1v) is 6.82. The number of hydrogen-bond donors (Lipinski definition) is 2. The highest BCUT2D eigenvalue weighted by Gasteiger charge is 2.13. The number of nitro groups is 1. The van der Waals surface area contributed by atoms with Gasteiger partial charge in [0.15, 0.2) is 0 Å². The predicted molar refractivity (Wildman–Crippen MR) is 85.0 cm³/mol. The number of nitrogens with one attached hydrogen (secondary N) is 1. The normalized spacial score (nSPS) is 9.87. The van der Waals surface area contributed by atoms with Crippen molar-refractivity contribution in [2.75, 3.05) is 11.9 Å². The molecule has 0 fully saturated rings. The van der Waals surface area contributed by atoms with E-state index in [1.807, 2.05) is 12.1 Å². The summed E-state index contributed by atoms with van der Waals surface area (Å²) in [6.45, 7) is 0.547. The first-order chi connectivity index (χ1) is 11.0. The largest absolute Gasteiger partial charge is 0.385 e. The van der Waals surface area contributed by atoms with Crippen LogP contribution < -0.4 is 11.1 Å². The maximum atomic E-state index is 11.1. The SMILES string of the molecule is N#Cc1cc(NCCc2cccc(C(N)=O)c2)ccc1[N+](=O)[O-]. The Hall–Kier alpha value is -3.40. The molecule has 0 unspecified atom stereocenters. The number of hydrogen-bond acceptors (Lipinski definition) is 5. The first-order valence-electron chi connectivity index (χ1n) is 6.82. The Morgan fingerprint density at radius 2 is 2.09 bits per heavy atom. The van der Waals surface area contributed by atoms with Crippen molar-refractivity contribution in [1.29, 1.82) is 5.26 Å². The van der Waals surface area contributed by atoms with Gasteiger partial charge in [-0.25, -0.2) is 0 Å². The zero-order valence-corrected chi connectivity index (χ0v) is 12.2. The van der Waals surface area contributed by atoms with E-state index in [9.17, 15) is 14.9 Å². The second-order valence-electron chi connectivity index (χ2n) is 4.84. The molecule has 0 saturated heterocycles. The lowest BCUT2D eigenvalue weighted by molar-refractivity contribution is -0.385. The second kappa shape index (κ2) is 7.04. The molecule has 2 aromatic rings. The number of nitrogens with zero attached hydrogens (tertiary/aromatic N) is 2. The van der Waals surface area contributed by atoms with E-state index in [0.717, 1.165) is 5.56 Å². The quantitative estimate of drug-likeness (QED) is 0.625. The van der Waals surface area contributed by atoms with E-state index in [4.69, 9.17) is 11.0 Å². The number of nitro benzene ring substituents is 1. The van der Waals surface area contributed by atoms with Crippen molar-refractivity contribution < 1.29 is 9.72 Å². The van der Waals surface area contributed by atoms with Crippen LogP contribution >= 0.6 is 0 Å². The van der Waals surface area contributed by atoms with Gasteiger partial charge in [-0.1, -0.05) is 12.1 Å². The molecule has 0 aromatic heterocycles. The van der Waals surface area contributed by atoms with Crippen LogP contribution in [0.1, 0.15) is 21.5 Å². The van der Waals surface area contributed by atoms with Crippen LogP contribution in [-0.2, 0) is 6.42 Å². The van der Waals surface area contributed by atoms with Gasteiger partial charge < -0.3 is 11.1 Å². The Morgan fingerprint density at radius 1 is 1.30 bits per heavy atom. The van der Waals surface area contributed by atoms with Crippen molar-refractivity contribution in [3.8, 4) is 6.07 Å². The minimum Gasteiger partial charge on any atom is -0.385 e. The van der Waals surface area contributed by atoms with Crippen LogP contribution in [0, 0.1) is 21.4 Å². The molecule has 0 heterocycles. The monoisotopic (exact) mass is 310 g/mol. The van der Waals surface area contributed by atoms with Gasteiger partial charge in [0.25, 0.3) is 5.69 Å². The molecule has 0 aliphatic rings. The Balaban J connectivity index is 2.02. The molecule has 2 rings (SSSR count). The van der Waals surface area contributed by atoms with E-state index in [-0.39, 0.29) is 11.3 Å². The average Bonchev–Trinajstić information content (AvgIpc) is 2.54. The summed E-state index contributed by atoms with van der Waals surface area (Å²) >= 11 is 0. The molecule has 0 bridgehead atoms. The topological polar surface area (TPSA) is 122 Å². The Bertz CT molecular complexity index is 796. The molecule has 7 heteroatoms. The van der Waals surface area contributed by atoms with Crippen molar-refractivity contribution in [3.05, 3.63) is 69.3 Å². The number of amides is 1. The van der Waals surface area contributed by atoms with E-state index in [2.05, 4.69) is 5.32 Å². The molecule has 1 amide bonds. The van der Waals surface area contributed by atoms with Gasteiger partial charge in [0, 0.05) is 23.9 Å². The summed E-state index contributed by atoms with van der Waals surface area (Å²) in [7, 11) is 0. The average molecular weight is 310 g/mol. The molecule has 0 aliphatic carbocycles. The fourth-order valence-electron chi connectivity index (χ4n) is 2.13. The molecule has 23 heavy (non-hydrogen) atoms. The van der Waals surface area contributed by atoms with Crippen LogP contribution in [0.3, 0.4) is 0 Å². The van der Waals surface area contributed by atoms with Crippen LogP contribution in [0.2, 0.25) is 0 Å². The minimum atomic E-state index is -0.586. The zero-order valence-electron chi connectivity index (χ0n) is 12.2. The smallest absolute Gasteiger partial charge is 0.287 e. The third-order valence-corrected chi connectivity index (χ3v) is 3.27. The van der Waals surface area contributed by atoms with Gasteiger partial charge in [-0.2, -0.15) is 5.26 Å². The van der Waals surface area contributed by atoms with Gasteiger partial charge in [-0.3, -0.25) is 14.9 Å². The van der Waals surface area contributed by atoms with Crippen molar-refractivity contribution in [3.63, 3.8) is 0 Å². The molecular formula is C16H14N4O3. The van der Waals surface area contributed by atoms with E-state index >= 15 is 0 Å². The summed E-state index contributed by atoms with van der Waals surface area (Å²) in [6, 6.07) is 13.1. The van der Waals surface area contributed by atoms with Gasteiger partial charge >= 0.3 is 0 Å². The number of carbonyl (C=O) groups is 1. The molecule has 0 saturated carbocycles. The van der Waals surface area contributed by atoms with Gasteiger partial charge in [0.05, 0.1) is 4.92 Å². The maximum absolute atomic E-state index is 11.1. The van der Waals surface area contributed by atoms with Crippen molar-refractivity contribution >= 4 is 17.3 Å².